The van der Waals surface area contributed by atoms with Gasteiger partial charge in [-0.2, -0.15) is 0 Å². The van der Waals surface area contributed by atoms with Crippen molar-refractivity contribution >= 4 is 81.0 Å². The van der Waals surface area contributed by atoms with E-state index in [0.717, 1.165) is 24.2 Å². The molecule has 2 aromatic rings. The summed E-state index contributed by atoms with van der Waals surface area (Å²) in [5, 5.41) is 49.3. The molecule has 0 aliphatic carbocycles. The van der Waals surface area contributed by atoms with Crippen LogP contribution in [0.4, 0.5) is 4.79 Å². The van der Waals surface area contributed by atoms with Crippen molar-refractivity contribution in [3.63, 3.8) is 0 Å². The van der Waals surface area contributed by atoms with Crippen LogP contribution >= 0.6 is 0 Å². The fourth-order valence-corrected chi connectivity index (χ4v) is 10.6. The molecule has 10 amide bonds. The number of hydrogen-bond donors (Lipinski definition) is 12. The molecule has 27 nitrogen and oxygen atoms in total. The van der Waals surface area contributed by atoms with Crippen molar-refractivity contribution in [3.05, 3.63) is 23.8 Å². The van der Waals surface area contributed by atoms with Gasteiger partial charge in [-0.15, -0.1) is 0 Å². The van der Waals surface area contributed by atoms with Crippen molar-refractivity contribution in [2.24, 2.45) is 17.6 Å². The number of amides is 10. The number of ether oxygens (including phenoxy) is 2. The number of aliphatic hydroxyl groups excluding tert-OH is 3. The Morgan fingerprint density at radius 3 is 2.19 bits per heavy atom. The molecule has 11 atom stereocenters. The highest BCUT2D eigenvalue weighted by atomic mass is 32.2. The van der Waals surface area contributed by atoms with E-state index in [0.29, 0.717) is 36.0 Å². The van der Waals surface area contributed by atoms with Gasteiger partial charge in [0.15, 0.2) is 0 Å². The molecular formula is C51H77N11O16S. The lowest BCUT2D eigenvalue weighted by Crippen LogP contribution is -2.62. The molecule has 1 aromatic heterocycles. The number of fused-ring (bicyclic) bond motifs is 5. The highest BCUT2D eigenvalue weighted by Crippen LogP contribution is 2.31. The second-order valence-corrected chi connectivity index (χ2v) is 22.7. The Morgan fingerprint density at radius 1 is 0.861 bits per heavy atom. The summed E-state index contributed by atoms with van der Waals surface area (Å²) >= 11 is 0. The van der Waals surface area contributed by atoms with Crippen LogP contribution in [-0.4, -0.2) is 200 Å². The Labute approximate surface area is 459 Å². The summed E-state index contributed by atoms with van der Waals surface area (Å²) < 4.78 is 26.5. The third kappa shape index (κ3) is 17.5. The minimum Gasteiger partial charge on any atom is -0.494 e. The summed E-state index contributed by atoms with van der Waals surface area (Å²) in [5.41, 5.74) is 5.36. The maximum absolute atomic E-state index is 15.0. The zero-order valence-electron chi connectivity index (χ0n) is 45.6. The summed E-state index contributed by atoms with van der Waals surface area (Å²) in [4.78, 5) is 144. The molecule has 13 N–H and O–H groups in total. The van der Waals surface area contributed by atoms with E-state index >= 15 is 4.21 Å². The quantitative estimate of drug-likeness (QED) is 0.0801. The number of hydrogen-bond acceptors (Lipinski definition) is 16. The first kappa shape index (κ1) is 62.9. The van der Waals surface area contributed by atoms with Crippen molar-refractivity contribution in [2.45, 2.75) is 152 Å². The standard InChI is InChI=1S/C51H77N11O16S/c1-8-26(2)41-46(72)54-21-39(67)55-35-25-79(76)48-31(30-14-13-29(18-32(30)58-48)77-16-12-10-9-11-15-61(7)50(75)78-51(4,5)6)19-33(43(69)53-22-40(68)59-41)56-47(73)42(27(3)37(65)24-63)60-45(71)36-17-28(64)23-62(36)49(74)34(20-38(52)66)57-44(35)70/h13-14,18,26-28,33-37,41-42,58,63-65H,8-12,15-17,19-25H2,1-7H3,(H2,52,66)(H,53,69)(H,54,72)(H,55,67)(H,56,73)(H,57,70)(H,59,68)(H,60,71)/t26-,27-,28+,33-,34-,35-,36-,37-,41?,42?,79?/m0/s1. The number of nitrogens with two attached hydrogens (primary N) is 1. The number of carbonyl (C=O) groups is 10. The Bertz CT molecular complexity index is 2610. The molecule has 2 bridgehead atoms. The predicted octanol–water partition coefficient (Wildman–Crippen LogP) is -2.82. The lowest BCUT2D eigenvalue weighted by Gasteiger charge is -2.32. The minimum atomic E-state index is -2.40. The summed E-state index contributed by atoms with van der Waals surface area (Å²) in [7, 11) is -0.728. The predicted molar refractivity (Wildman–Crippen MR) is 283 cm³/mol. The van der Waals surface area contributed by atoms with Crippen LogP contribution in [0, 0.1) is 11.8 Å². The van der Waals surface area contributed by atoms with Gasteiger partial charge in [0.1, 0.15) is 52.6 Å². The first-order valence-electron chi connectivity index (χ1n) is 26.4. The van der Waals surface area contributed by atoms with Gasteiger partial charge in [-0.3, -0.25) is 47.4 Å². The first-order chi connectivity index (χ1) is 37.2. The van der Waals surface area contributed by atoms with E-state index in [1.165, 1.54) is 11.8 Å². The van der Waals surface area contributed by atoms with Gasteiger partial charge in [0.25, 0.3) is 0 Å². The molecule has 1 aromatic carbocycles. The minimum absolute atomic E-state index is 0.124. The van der Waals surface area contributed by atoms with Crippen molar-refractivity contribution < 1.29 is 76.9 Å². The van der Waals surface area contributed by atoms with Crippen LogP contribution in [0.1, 0.15) is 92.1 Å². The number of benzene rings is 1. The van der Waals surface area contributed by atoms with Gasteiger partial charge in [-0.1, -0.05) is 40.0 Å². The van der Waals surface area contributed by atoms with Crippen LogP contribution in [0.15, 0.2) is 23.2 Å². The molecule has 0 saturated carbocycles. The molecule has 1 saturated heterocycles. The van der Waals surface area contributed by atoms with Crippen LogP contribution in [-0.2, 0) is 65.1 Å². The van der Waals surface area contributed by atoms with Gasteiger partial charge in [0.2, 0.25) is 53.2 Å². The molecule has 3 unspecified atom stereocenters. The van der Waals surface area contributed by atoms with E-state index in [2.05, 4.69) is 42.2 Å². The van der Waals surface area contributed by atoms with E-state index < -0.39 is 187 Å². The second kappa shape index (κ2) is 28.3. The smallest absolute Gasteiger partial charge is 0.410 e. The van der Waals surface area contributed by atoms with E-state index in [4.69, 9.17) is 15.2 Å². The normalized spacial score (nSPS) is 25.4. The first-order valence-corrected chi connectivity index (χ1v) is 27.7. The van der Waals surface area contributed by atoms with Crippen LogP contribution in [0.2, 0.25) is 0 Å². The number of aromatic amines is 1. The molecule has 0 spiro atoms. The van der Waals surface area contributed by atoms with Crippen molar-refractivity contribution in [1.82, 2.24) is 52.0 Å². The second-order valence-electron chi connectivity index (χ2n) is 21.3. The van der Waals surface area contributed by atoms with Crippen molar-refractivity contribution in [2.75, 3.05) is 52.2 Å². The molecule has 79 heavy (non-hydrogen) atoms. The van der Waals surface area contributed by atoms with Crippen LogP contribution < -0.4 is 47.7 Å². The zero-order chi connectivity index (χ0) is 58.5. The lowest BCUT2D eigenvalue weighted by molar-refractivity contribution is -0.144. The van der Waals surface area contributed by atoms with Crippen molar-refractivity contribution in [1.29, 1.82) is 0 Å². The van der Waals surface area contributed by atoms with Crippen LogP contribution in [0.5, 0.6) is 5.75 Å². The number of H-pyrrole nitrogens is 1. The van der Waals surface area contributed by atoms with E-state index in [9.17, 15) is 63.3 Å². The largest absolute Gasteiger partial charge is 0.494 e. The van der Waals surface area contributed by atoms with E-state index in [1.807, 2.05) is 0 Å². The number of nitrogens with one attached hydrogen (secondary N) is 8. The SMILES string of the molecule is CC[C@H](C)C1NC(=O)CNC(=O)[C@@H]2Cc3c([nH]c4cc(OCCCCCCN(C)C(=O)OC(C)(C)C)ccc34)S(=O)C[C@H](NC(=O)CNC1=O)C(=O)N[C@@H](CC(N)=O)C(=O)N1C[C@H](O)C[C@H]1C(=O)NC([C@@H](C)[C@@H](O)CO)C(=O)N2. The highest BCUT2D eigenvalue weighted by molar-refractivity contribution is 7.85. The van der Waals surface area contributed by atoms with Gasteiger partial charge >= 0.3 is 6.09 Å². The van der Waals surface area contributed by atoms with Gasteiger partial charge in [-0.25, -0.2) is 4.79 Å². The Balaban J connectivity index is 1.61. The molecule has 3 aliphatic rings. The number of rotatable bonds is 15. The third-order valence-electron chi connectivity index (χ3n) is 13.9. The van der Waals surface area contributed by atoms with E-state index in [-0.39, 0.29) is 17.2 Å². The number of primary amides is 1. The van der Waals surface area contributed by atoms with Crippen LogP contribution in [0.25, 0.3) is 10.9 Å². The maximum atomic E-state index is 15.0. The number of unbranched alkanes of at least 4 members (excludes halogenated alkanes) is 3. The zero-order valence-corrected chi connectivity index (χ0v) is 46.5. The average molecular weight is 1130 g/mol. The summed E-state index contributed by atoms with van der Waals surface area (Å²) in [6.07, 6.45) is -1.98. The van der Waals surface area contributed by atoms with Gasteiger partial charge in [0, 0.05) is 50.3 Å². The molecule has 1 fully saturated rings. The number of aliphatic hydroxyl groups is 3. The third-order valence-corrected chi connectivity index (χ3v) is 15.3. The van der Waals surface area contributed by atoms with Crippen LogP contribution in [0.3, 0.4) is 0 Å². The Hall–Kier alpha value is -6.91. The summed E-state index contributed by atoms with van der Waals surface area (Å²) in [6, 6.07) is -5.22. The number of aromatic nitrogens is 1. The monoisotopic (exact) mass is 1130 g/mol. The molecular weight excluding hydrogens is 1050 g/mol. The van der Waals surface area contributed by atoms with Gasteiger partial charge in [-0.05, 0) is 57.2 Å². The maximum Gasteiger partial charge on any atom is 0.410 e. The van der Waals surface area contributed by atoms with Gasteiger partial charge in [0.05, 0.1) is 67.0 Å². The number of nitrogens with zero attached hydrogens (tertiary/aromatic N) is 2. The molecule has 3 aliphatic heterocycles. The summed E-state index contributed by atoms with van der Waals surface area (Å²) in [6.45, 7) is 7.90. The lowest BCUT2D eigenvalue weighted by atomic mass is 9.93. The Kier molecular flexibility index (Phi) is 22.5. The number of carbonyl (C=O) groups excluding carboxylic acids is 10. The summed E-state index contributed by atoms with van der Waals surface area (Å²) in [5.74, 6) is -11.4. The van der Waals surface area contributed by atoms with Gasteiger partial charge < -0.3 is 82.5 Å². The molecule has 4 heterocycles. The topological polar surface area (TPSA) is 399 Å². The van der Waals surface area contributed by atoms with E-state index in [1.54, 1.807) is 59.9 Å². The Morgan fingerprint density at radius 2 is 1.53 bits per heavy atom. The molecule has 28 heteroatoms. The fourth-order valence-electron chi connectivity index (χ4n) is 9.21. The molecule has 0 radical (unpaired) electrons. The fraction of sp³-hybridized carbons (Fsp3) is 0.647. The highest BCUT2D eigenvalue weighted by Gasteiger charge is 2.45. The molecule has 438 valence electrons. The van der Waals surface area contributed by atoms with Crippen molar-refractivity contribution in [3.8, 4) is 5.75 Å². The average Bonchev–Trinajstić information content (AvgIpc) is 4.06. The molecule has 5 rings (SSSR count).